The Bertz CT molecular complexity index is 890. The van der Waals surface area contributed by atoms with Gasteiger partial charge in [0.15, 0.2) is 15.0 Å². The van der Waals surface area contributed by atoms with E-state index in [1.807, 2.05) is 36.9 Å². The first-order valence-electron chi connectivity index (χ1n) is 8.74. The Kier molecular flexibility index (Phi) is 5.62. The fourth-order valence-electron chi connectivity index (χ4n) is 3.57. The fourth-order valence-corrected chi connectivity index (χ4v) is 7.48. The van der Waals surface area contributed by atoms with Crippen molar-refractivity contribution in [3.63, 3.8) is 0 Å². The van der Waals surface area contributed by atoms with Crippen molar-refractivity contribution in [3.8, 4) is 0 Å². The molecule has 0 saturated carbocycles. The van der Waals surface area contributed by atoms with E-state index in [0.717, 1.165) is 16.8 Å². The van der Waals surface area contributed by atoms with Crippen LogP contribution in [-0.4, -0.2) is 53.4 Å². The maximum Gasteiger partial charge on any atom is 0.303 e. The molecule has 1 aromatic carbocycles. The van der Waals surface area contributed by atoms with E-state index in [1.54, 1.807) is 0 Å². The van der Waals surface area contributed by atoms with Gasteiger partial charge in [-0.2, -0.15) is 4.99 Å². The molecule has 0 aromatic heterocycles. The van der Waals surface area contributed by atoms with E-state index < -0.39 is 15.8 Å². The summed E-state index contributed by atoms with van der Waals surface area (Å²) >= 11 is 1.33. The Morgan fingerprint density at radius 3 is 2.52 bits per heavy atom. The molecule has 0 bridgehead atoms. The summed E-state index contributed by atoms with van der Waals surface area (Å²) in [7, 11) is -3.12. The Morgan fingerprint density at radius 1 is 1.22 bits per heavy atom. The van der Waals surface area contributed by atoms with Gasteiger partial charge in [0, 0.05) is 23.8 Å². The number of carboxylic acid groups (broad SMARTS) is 1. The van der Waals surface area contributed by atoms with Crippen molar-refractivity contribution < 1.29 is 23.1 Å². The summed E-state index contributed by atoms with van der Waals surface area (Å²) < 4.78 is 24.2. The molecule has 1 amide bonds. The van der Waals surface area contributed by atoms with Crippen molar-refractivity contribution >= 4 is 44.3 Å². The number of aliphatic imine (C=N–C) groups is 1. The Balaban J connectivity index is 1.92. The second kappa shape index (κ2) is 7.63. The van der Waals surface area contributed by atoms with E-state index in [9.17, 15) is 18.0 Å². The number of aliphatic carboxylic acids is 1. The number of nitrogens with zero attached hydrogens (tertiary/aromatic N) is 2. The van der Waals surface area contributed by atoms with Crippen LogP contribution >= 0.6 is 11.8 Å². The summed E-state index contributed by atoms with van der Waals surface area (Å²) in [4.78, 5) is 29.0. The van der Waals surface area contributed by atoms with E-state index in [0.29, 0.717) is 5.17 Å². The van der Waals surface area contributed by atoms with Crippen LogP contribution in [0.2, 0.25) is 0 Å². The fraction of sp³-hybridized carbons (Fsp3) is 0.500. The lowest BCUT2D eigenvalue weighted by Crippen LogP contribution is -2.38. The van der Waals surface area contributed by atoms with Gasteiger partial charge in [0.1, 0.15) is 0 Å². The first kappa shape index (κ1) is 19.9. The number of aryl methyl sites for hydroxylation is 2. The molecule has 2 aliphatic rings. The van der Waals surface area contributed by atoms with Gasteiger partial charge in [0.05, 0.1) is 17.5 Å². The number of thioether (sulfide) groups is 1. The zero-order valence-electron chi connectivity index (χ0n) is 15.2. The van der Waals surface area contributed by atoms with Crippen molar-refractivity contribution in [2.45, 2.75) is 44.4 Å². The number of carbonyl (C=O) groups is 2. The third-order valence-electron chi connectivity index (χ3n) is 4.75. The van der Waals surface area contributed by atoms with Crippen LogP contribution in [0, 0.1) is 13.8 Å². The molecule has 2 saturated heterocycles. The third-order valence-corrected chi connectivity index (χ3v) is 7.96. The molecule has 146 valence electrons. The monoisotopic (exact) mass is 410 g/mol. The lowest BCUT2D eigenvalue weighted by atomic mass is 10.1. The predicted molar refractivity (Wildman–Crippen MR) is 106 cm³/mol. The summed E-state index contributed by atoms with van der Waals surface area (Å²) in [5.74, 6) is -1.19. The van der Waals surface area contributed by atoms with E-state index >= 15 is 0 Å². The molecule has 27 heavy (non-hydrogen) atoms. The molecule has 2 aliphatic heterocycles. The second-order valence-electron chi connectivity index (χ2n) is 6.95. The van der Waals surface area contributed by atoms with Gasteiger partial charge in [-0.25, -0.2) is 8.42 Å². The van der Waals surface area contributed by atoms with Crippen LogP contribution in [0.25, 0.3) is 0 Å². The molecule has 1 N–H and O–H groups in total. The van der Waals surface area contributed by atoms with Crippen molar-refractivity contribution in [1.82, 2.24) is 0 Å². The Labute approximate surface area is 162 Å². The molecule has 9 heteroatoms. The molecule has 0 aliphatic carbocycles. The number of amides is 1. The standard InChI is InChI=1S/C18H22N2O5S2/c1-11-5-3-6-12(2)17(11)20-13-9-27(24,25)10-14(13)26-18(20)19-15(21)7-4-8-16(22)23/h3,5-6,13-14H,4,7-10H2,1-2H3,(H,22,23). The van der Waals surface area contributed by atoms with Crippen LogP contribution in [0.1, 0.15) is 30.4 Å². The van der Waals surface area contributed by atoms with Gasteiger partial charge in [0.25, 0.3) is 0 Å². The smallest absolute Gasteiger partial charge is 0.303 e. The maximum atomic E-state index is 12.2. The molecule has 0 radical (unpaired) electrons. The second-order valence-corrected chi connectivity index (χ2v) is 10.3. The van der Waals surface area contributed by atoms with E-state index in [4.69, 9.17) is 5.11 Å². The maximum absolute atomic E-state index is 12.2. The summed E-state index contributed by atoms with van der Waals surface area (Å²) in [5.41, 5.74) is 2.88. The normalized spacial score (nSPS) is 25.0. The topological polar surface area (TPSA) is 104 Å². The van der Waals surface area contributed by atoms with Crippen molar-refractivity contribution in [1.29, 1.82) is 0 Å². The third kappa shape index (κ3) is 4.35. The number of fused-ring (bicyclic) bond motifs is 1. The number of hydrogen-bond donors (Lipinski definition) is 1. The molecule has 0 spiro atoms. The van der Waals surface area contributed by atoms with Crippen LogP contribution in [0.15, 0.2) is 23.2 Å². The first-order chi connectivity index (χ1) is 12.7. The average Bonchev–Trinajstić information content (AvgIpc) is 2.99. The summed E-state index contributed by atoms with van der Waals surface area (Å²) in [6, 6.07) is 5.60. The number of rotatable bonds is 5. The summed E-state index contributed by atoms with van der Waals surface area (Å²) in [5, 5.41) is 9.06. The van der Waals surface area contributed by atoms with Crippen LogP contribution in [0.4, 0.5) is 5.69 Å². The molecule has 2 heterocycles. The zero-order valence-corrected chi connectivity index (χ0v) is 16.8. The van der Waals surface area contributed by atoms with Crippen LogP contribution in [0.3, 0.4) is 0 Å². The van der Waals surface area contributed by atoms with Gasteiger partial charge in [-0.3, -0.25) is 9.59 Å². The van der Waals surface area contributed by atoms with E-state index in [-0.39, 0.29) is 48.0 Å². The average molecular weight is 411 g/mol. The number of carboxylic acids is 1. The molecular weight excluding hydrogens is 388 g/mol. The molecule has 2 fully saturated rings. The Hall–Kier alpha value is -1.87. The molecule has 2 unspecified atom stereocenters. The minimum atomic E-state index is -3.12. The van der Waals surface area contributed by atoms with Crippen LogP contribution < -0.4 is 4.90 Å². The van der Waals surface area contributed by atoms with Gasteiger partial charge in [-0.1, -0.05) is 30.0 Å². The molecular formula is C18H22N2O5S2. The van der Waals surface area contributed by atoms with Gasteiger partial charge in [0.2, 0.25) is 5.91 Å². The quantitative estimate of drug-likeness (QED) is 0.793. The number of sulfone groups is 1. The molecule has 3 rings (SSSR count). The Morgan fingerprint density at radius 2 is 1.89 bits per heavy atom. The molecule has 7 nitrogen and oxygen atoms in total. The predicted octanol–water partition coefficient (Wildman–Crippen LogP) is 2.16. The van der Waals surface area contributed by atoms with Gasteiger partial charge < -0.3 is 10.0 Å². The highest BCUT2D eigenvalue weighted by molar-refractivity contribution is 8.16. The minimum absolute atomic E-state index is 0.0463. The first-order valence-corrected chi connectivity index (χ1v) is 11.4. The van der Waals surface area contributed by atoms with Crippen LogP contribution in [-0.2, 0) is 19.4 Å². The SMILES string of the molecule is Cc1cccc(C)c1N1C(=NC(=O)CCCC(=O)O)SC2CS(=O)(=O)CC21. The van der Waals surface area contributed by atoms with Crippen molar-refractivity contribution in [3.05, 3.63) is 29.3 Å². The number of hydrogen-bond acceptors (Lipinski definition) is 5. The highest BCUT2D eigenvalue weighted by Gasteiger charge is 2.49. The number of carbonyl (C=O) groups excluding carboxylic acids is 1. The largest absolute Gasteiger partial charge is 0.481 e. The number of para-hydroxylation sites is 1. The van der Waals surface area contributed by atoms with Gasteiger partial charge >= 0.3 is 5.97 Å². The zero-order chi connectivity index (χ0) is 19.8. The lowest BCUT2D eigenvalue weighted by molar-refractivity contribution is -0.137. The highest BCUT2D eigenvalue weighted by Crippen LogP contribution is 2.43. The van der Waals surface area contributed by atoms with Gasteiger partial charge in [-0.15, -0.1) is 0 Å². The molecule has 2 atom stereocenters. The van der Waals surface area contributed by atoms with Gasteiger partial charge in [-0.05, 0) is 31.4 Å². The number of benzene rings is 1. The summed E-state index contributed by atoms with van der Waals surface area (Å²) in [6.07, 6.45) is 0.221. The molecule has 1 aromatic rings. The lowest BCUT2D eigenvalue weighted by Gasteiger charge is -2.27. The minimum Gasteiger partial charge on any atom is -0.481 e. The number of anilines is 1. The van der Waals surface area contributed by atoms with Crippen molar-refractivity contribution in [2.75, 3.05) is 16.4 Å². The van der Waals surface area contributed by atoms with E-state index in [1.165, 1.54) is 11.8 Å². The van der Waals surface area contributed by atoms with E-state index in [2.05, 4.69) is 4.99 Å². The van der Waals surface area contributed by atoms with Crippen molar-refractivity contribution in [2.24, 2.45) is 4.99 Å². The number of amidine groups is 1. The van der Waals surface area contributed by atoms with Crippen LogP contribution in [0.5, 0.6) is 0 Å². The highest BCUT2D eigenvalue weighted by atomic mass is 32.2. The summed E-state index contributed by atoms with van der Waals surface area (Å²) in [6.45, 7) is 3.91.